The summed E-state index contributed by atoms with van der Waals surface area (Å²) in [5.41, 5.74) is 1.53. The van der Waals surface area contributed by atoms with Crippen molar-refractivity contribution >= 4 is 21.6 Å². The zero-order chi connectivity index (χ0) is 19.3. The number of aryl methyl sites for hydroxylation is 1. The molecule has 0 aromatic heterocycles. The highest BCUT2D eigenvalue weighted by molar-refractivity contribution is 7.89. The fraction of sp³-hybridized carbons (Fsp3) is 0.316. The molecular weight excluding hydrogens is 352 g/mol. The molecule has 1 amide bonds. The second-order valence-corrected chi connectivity index (χ2v) is 8.09. The Bertz CT molecular complexity index is 844. The molecule has 1 atom stereocenters. The summed E-state index contributed by atoms with van der Waals surface area (Å²) in [6, 6.07) is 12.4. The summed E-state index contributed by atoms with van der Waals surface area (Å²) in [7, 11) is -2.24. The van der Waals surface area contributed by atoms with Gasteiger partial charge in [0.1, 0.15) is 11.8 Å². The van der Waals surface area contributed by atoms with Crippen LogP contribution < -0.4 is 14.8 Å². The molecule has 7 heteroatoms. The molecule has 0 fully saturated rings. The summed E-state index contributed by atoms with van der Waals surface area (Å²) in [4.78, 5) is 12.7. The second-order valence-electron chi connectivity index (χ2n) is 6.37. The van der Waals surface area contributed by atoms with Crippen LogP contribution in [0.5, 0.6) is 5.75 Å². The van der Waals surface area contributed by atoms with Crippen LogP contribution in [0.1, 0.15) is 19.4 Å². The molecule has 0 aliphatic carbocycles. The third kappa shape index (κ3) is 5.06. The first kappa shape index (κ1) is 19.9. The fourth-order valence-electron chi connectivity index (χ4n) is 2.34. The molecule has 2 aromatic carbocycles. The molecule has 1 unspecified atom stereocenters. The third-order valence-corrected chi connectivity index (χ3v) is 5.38. The smallest absolute Gasteiger partial charge is 0.242 e. The van der Waals surface area contributed by atoms with Crippen LogP contribution in [0.25, 0.3) is 0 Å². The van der Waals surface area contributed by atoms with E-state index in [9.17, 15) is 13.2 Å². The predicted octanol–water partition coefficient (Wildman–Crippen LogP) is 2.95. The molecule has 0 aliphatic rings. The van der Waals surface area contributed by atoms with Gasteiger partial charge in [0.15, 0.2) is 0 Å². The number of anilines is 1. The summed E-state index contributed by atoms with van der Waals surface area (Å²) in [5, 5.41) is 2.74. The van der Waals surface area contributed by atoms with Crippen LogP contribution in [-0.4, -0.2) is 27.5 Å². The lowest BCUT2D eigenvalue weighted by atomic mass is 10.0. The average Bonchev–Trinajstić information content (AvgIpc) is 2.60. The van der Waals surface area contributed by atoms with Crippen LogP contribution in [-0.2, 0) is 14.8 Å². The van der Waals surface area contributed by atoms with E-state index in [0.717, 1.165) is 5.56 Å². The summed E-state index contributed by atoms with van der Waals surface area (Å²) < 4.78 is 32.8. The van der Waals surface area contributed by atoms with Gasteiger partial charge in [0, 0.05) is 5.69 Å². The number of nitrogens with one attached hydrogen (secondary N) is 2. The van der Waals surface area contributed by atoms with Crippen molar-refractivity contribution in [3.63, 3.8) is 0 Å². The minimum absolute atomic E-state index is 0.131. The molecule has 2 aromatic rings. The number of carbonyl (C=O) groups is 1. The quantitative estimate of drug-likeness (QED) is 0.778. The molecule has 0 aliphatic heterocycles. The van der Waals surface area contributed by atoms with Gasteiger partial charge in [-0.15, -0.1) is 0 Å². The number of amides is 1. The number of rotatable bonds is 7. The third-order valence-electron chi connectivity index (χ3n) is 3.92. The molecule has 140 valence electrons. The summed E-state index contributed by atoms with van der Waals surface area (Å²) >= 11 is 0. The highest BCUT2D eigenvalue weighted by Gasteiger charge is 2.28. The molecule has 2 rings (SSSR count). The van der Waals surface area contributed by atoms with E-state index in [1.54, 1.807) is 57.4 Å². The first-order valence-electron chi connectivity index (χ1n) is 8.27. The highest BCUT2D eigenvalue weighted by Crippen LogP contribution is 2.17. The number of carbonyl (C=O) groups excluding carboxylic acids is 1. The van der Waals surface area contributed by atoms with Gasteiger partial charge in [0.2, 0.25) is 15.9 Å². The second kappa shape index (κ2) is 8.33. The minimum atomic E-state index is -3.80. The molecular formula is C19H24N2O4S. The fourth-order valence-corrected chi connectivity index (χ4v) is 3.68. The van der Waals surface area contributed by atoms with E-state index in [4.69, 9.17) is 4.74 Å². The Hall–Kier alpha value is -2.38. The van der Waals surface area contributed by atoms with Gasteiger partial charge < -0.3 is 10.1 Å². The number of methoxy groups -OCH3 is 1. The SMILES string of the molecule is COc1ccc(NC(=O)C(NS(=O)(=O)c2ccc(C)cc2)C(C)C)cc1. The zero-order valence-electron chi connectivity index (χ0n) is 15.3. The van der Waals surface area contributed by atoms with E-state index in [1.807, 2.05) is 6.92 Å². The van der Waals surface area contributed by atoms with Crippen LogP contribution in [0, 0.1) is 12.8 Å². The van der Waals surface area contributed by atoms with Gasteiger partial charge >= 0.3 is 0 Å². The largest absolute Gasteiger partial charge is 0.497 e. The Kier molecular flexibility index (Phi) is 6.39. The Morgan fingerprint density at radius 1 is 1.00 bits per heavy atom. The number of sulfonamides is 1. The van der Waals surface area contributed by atoms with E-state index in [1.165, 1.54) is 12.1 Å². The molecule has 2 N–H and O–H groups in total. The van der Waals surface area contributed by atoms with Crippen LogP contribution in [0.2, 0.25) is 0 Å². The van der Waals surface area contributed by atoms with Crippen LogP contribution in [0.3, 0.4) is 0 Å². The number of ether oxygens (including phenoxy) is 1. The molecule has 0 spiro atoms. The van der Waals surface area contributed by atoms with Crippen molar-refractivity contribution in [1.82, 2.24) is 4.72 Å². The van der Waals surface area contributed by atoms with E-state index >= 15 is 0 Å². The van der Waals surface area contributed by atoms with Crippen molar-refractivity contribution in [3.05, 3.63) is 54.1 Å². The standard InChI is InChI=1S/C19H24N2O4S/c1-13(2)18(19(22)20-15-7-9-16(25-4)10-8-15)21-26(23,24)17-11-5-14(3)6-12-17/h5-13,18,21H,1-4H3,(H,20,22). The molecule has 0 saturated carbocycles. The lowest BCUT2D eigenvalue weighted by Crippen LogP contribution is -2.47. The van der Waals surface area contributed by atoms with Crippen LogP contribution >= 0.6 is 0 Å². The first-order valence-corrected chi connectivity index (χ1v) is 9.75. The molecule has 0 saturated heterocycles. The summed E-state index contributed by atoms with van der Waals surface area (Å²) in [5.74, 6) is 0.0257. The van der Waals surface area contributed by atoms with E-state index in [0.29, 0.717) is 11.4 Å². The Morgan fingerprint density at radius 2 is 1.58 bits per heavy atom. The monoisotopic (exact) mass is 376 g/mol. The van der Waals surface area contributed by atoms with Crippen molar-refractivity contribution in [2.45, 2.75) is 31.7 Å². The molecule has 0 bridgehead atoms. The number of hydrogen-bond acceptors (Lipinski definition) is 4. The van der Waals surface area contributed by atoms with Gasteiger partial charge in [-0.05, 0) is 49.2 Å². The Labute approximate surface area is 154 Å². The van der Waals surface area contributed by atoms with Crippen molar-refractivity contribution in [2.24, 2.45) is 5.92 Å². The van der Waals surface area contributed by atoms with Gasteiger partial charge in [0.05, 0.1) is 12.0 Å². The van der Waals surface area contributed by atoms with Crippen LogP contribution in [0.15, 0.2) is 53.4 Å². The molecule has 26 heavy (non-hydrogen) atoms. The van der Waals surface area contributed by atoms with Crippen molar-refractivity contribution in [2.75, 3.05) is 12.4 Å². The number of benzene rings is 2. The zero-order valence-corrected chi connectivity index (χ0v) is 16.1. The maximum Gasteiger partial charge on any atom is 0.242 e. The van der Waals surface area contributed by atoms with Crippen molar-refractivity contribution < 1.29 is 17.9 Å². The molecule has 0 radical (unpaired) electrons. The number of hydrogen-bond donors (Lipinski definition) is 2. The van der Waals surface area contributed by atoms with E-state index < -0.39 is 22.0 Å². The summed E-state index contributed by atoms with van der Waals surface area (Å²) in [6.07, 6.45) is 0. The van der Waals surface area contributed by atoms with Crippen molar-refractivity contribution in [3.8, 4) is 5.75 Å². The lowest BCUT2D eigenvalue weighted by molar-refractivity contribution is -0.118. The maximum atomic E-state index is 12.6. The minimum Gasteiger partial charge on any atom is -0.497 e. The summed E-state index contributed by atoms with van der Waals surface area (Å²) in [6.45, 7) is 5.45. The van der Waals surface area contributed by atoms with E-state index in [2.05, 4.69) is 10.0 Å². The average molecular weight is 376 g/mol. The van der Waals surface area contributed by atoms with Gasteiger partial charge in [-0.3, -0.25) is 4.79 Å². The maximum absolute atomic E-state index is 12.6. The highest BCUT2D eigenvalue weighted by atomic mass is 32.2. The lowest BCUT2D eigenvalue weighted by Gasteiger charge is -2.21. The normalized spacial score (nSPS) is 12.7. The Morgan fingerprint density at radius 3 is 2.08 bits per heavy atom. The van der Waals surface area contributed by atoms with E-state index in [-0.39, 0.29) is 10.8 Å². The van der Waals surface area contributed by atoms with Gasteiger partial charge in [-0.2, -0.15) is 4.72 Å². The predicted molar refractivity (Wildman–Crippen MR) is 102 cm³/mol. The topological polar surface area (TPSA) is 84.5 Å². The Balaban J connectivity index is 2.16. The first-order chi connectivity index (χ1) is 12.2. The van der Waals surface area contributed by atoms with Gasteiger partial charge in [-0.25, -0.2) is 8.42 Å². The molecule has 6 nitrogen and oxygen atoms in total. The van der Waals surface area contributed by atoms with Crippen LogP contribution in [0.4, 0.5) is 5.69 Å². The van der Waals surface area contributed by atoms with Crippen molar-refractivity contribution in [1.29, 1.82) is 0 Å². The van der Waals surface area contributed by atoms with Gasteiger partial charge in [-0.1, -0.05) is 31.5 Å². The molecule has 0 heterocycles. The van der Waals surface area contributed by atoms with Gasteiger partial charge in [0.25, 0.3) is 0 Å².